The van der Waals surface area contributed by atoms with Crippen LogP contribution in [-0.2, 0) is 4.79 Å². The number of hydrogen-bond acceptors (Lipinski definition) is 1. The van der Waals surface area contributed by atoms with Gasteiger partial charge in [-0.1, -0.05) is 39.0 Å². The van der Waals surface area contributed by atoms with Crippen LogP contribution >= 0.6 is 0 Å². The molecule has 15 heavy (non-hydrogen) atoms. The smallest absolute Gasteiger partial charge is 0.159 e. The zero-order chi connectivity index (χ0) is 11.5. The van der Waals surface area contributed by atoms with E-state index < -0.39 is 0 Å². The summed E-state index contributed by atoms with van der Waals surface area (Å²) >= 11 is 0. The van der Waals surface area contributed by atoms with E-state index in [9.17, 15) is 4.79 Å². The van der Waals surface area contributed by atoms with Crippen molar-refractivity contribution in [3.05, 3.63) is 24.3 Å². The first-order valence-electron chi connectivity index (χ1n) is 5.88. The summed E-state index contributed by atoms with van der Waals surface area (Å²) in [6, 6.07) is 0. The molecule has 0 spiro atoms. The van der Waals surface area contributed by atoms with Crippen molar-refractivity contribution >= 4 is 5.78 Å². The molecule has 1 nitrogen and oxygen atoms in total. The van der Waals surface area contributed by atoms with Crippen molar-refractivity contribution in [3.8, 4) is 0 Å². The summed E-state index contributed by atoms with van der Waals surface area (Å²) in [5.74, 6) is 0.815. The monoisotopic (exact) mass is 206 g/mol. The zero-order valence-electron chi connectivity index (χ0n) is 10.3. The molecule has 0 radical (unpaired) electrons. The summed E-state index contributed by atoms with van der Waals surface area (Å²) in [7, 11) is 0. The molecule has 0 aromatic heterocycles. The molecule has 0 aromatic carbocycles. The summed E-state index contributed by atoms with van der Waals surface area (Å²) in [4.78, 5) is 12.1. The molecule has 0 amide bonds. The van der Waals surface area contributed by atoms with Crippen molar-refractivity contribution in [3.63, 3.8) is 0 Å². The fourth-order valence-corrected chi connectivity index (χ4v) is 2.66. The highest BCUT2D eigenvalue weighted by Crippen LogP contribution is 2.43. The second-order valence-electron chi connectivity index (χ2n) is 4.88. The Morgan fingerprint density at radius 3 is 2.80 bits per heavy atom. The Kier molecular flexibility index (Phi) is 3.90. The van der Waals surface area contributed by atoms with E-state index in [1.165, 1.54) is 0 Å². The average molecular weight is 206 g/mol. The van der Waals surface area contributed by atoms with Gasteiger partial charge < -0.3 is 0 Å². The molecule has 1 aliphatic carbocycles. The van der Waals surface area contributed by atoms with Gasteiger partial charge in [-0.15, -0.1) is 0 Å². The topological polar surface area (TPSA) is 17.1 Å². The fraction of sp³-hybridized carbons (Fsp3) is 0.643. The summed E-state index contributed by atoms with van der Waals surface area (Å²) in [5, 5.41) is 0. The minimum Gasteiger partial charge on any atom is -0.295 e. The third kappa shape index (κ3) is 2.39. The lowest BCUT2D eigenvalue weighted by atomic mass is 9.63. The Bertz CT molecular complexity index is 288. The second kappa shape index (κ2) is 4.78. The lowest BCUT2D eigenvalue weighted by Gasteiger charge is -2.40. The van der Waals surface area contributed by atoms with Gasteiger partial charge in [0.2, 0.25) is 0 Å². The van der Waals surface area contributed by atoms with Gasteiger partial charge in [0.15, 0.2) is 5.78 Å². The molecule has 1 heteroatoms. The van der Waals surface area contributed by atoms with Crippen molar-refractivity contribution < 1.29 is 4.79 Å². The van der Waals surface area contributed by atoms with Gasteiger partial charge in [-0.25, -0.2) is 0 Å². The van der Waals surface area contributed by atoms with Crippen LogP contribution < -0.4 is 0 Å². The molecule has 0 fully saturated rings. The maximum atomic E-state index is 12.1. The summed E-state index contributed by atoms with van der Waals surface area (Å²) < 4.78 is 0. The molecule has 0 heterocycles. The van der Waals surface area contributed by atoms with E-state index >= 15 is 0 Å². The van der Waals surface area contributed by atoms with Gasteiger partial charge in [-0.05, 0) is 37.2 Å². The Morgan fingerprint density at radius 1 is 1.60 bits per heavy atom. The molecule has 0 bridgehead atoms. The minimum atomic E-state index is 0.144. The normalized spacial score (nSPS) is 36.0. The number of hydrogen-bond donors (Lipinski definition) is 0. The Morgan fingerprint density at radius 2 is 2.27 bits per heavy atom. The third-order valence-electron chi connectivity index (χ3n) is 3.75. The molecule has 1 rings (SSSR count). The van der Waals surface area contributed by atoms with Crippen molar-refractivity contribution in [2.45, 2.75) is 40.5 Å². The number of ketones is 1. The summed E-state index contributed by atoms with van der Waals surface area (Å²) in [6.45, 7) is 8.47. The fourth-order valence-electron chi connectivity index (χ4n) is 2.66. The van der Waals surface area contributed by atoms with Crippen molar-refractivity contribution in [1.82, 2.24) is 0 Å². The van der Waals surface area contributed by atoms with Crippen LogP contribution in [0.25, 0.3) is 0 Å². The molecular weight excluding hydrogens is 184 g/mol. The first kappa shape index (κ1) is 12.2. The van der Waals surface area contributed by atoms with Crippen LogP contribution in [0, 0.1) is 17.3 Å². The second-order valence-corrected chi connectivity index (χ2v) is 4.88. The van der Waals surface area contributed by atoms with Crippen LogP contribution in [-0.4, -0.2) is 5.78 Å². The molecule has 0 aliphatic heterocycles. The lowest BCUT2D eigenvalue weighted by molar-refractivity contribution is -0.123. The number of carbonyl (C=O) groups excluding carboxylic acids is 1. The maximum absolute atomic E-state index is 12.1. The molecule has 3 atom stereocenters. The minimum absolute atomic E-state index is 0.144. The van der Waals surface area contributed by atoms with E-state index in [4.69, 9.17) is 0 Å². The molecular formula is C14H22O. The van der Waals surface area contributed by atoms with Gasteiger partial charge in [0, 0.05) is 5.92 Å². The van der Waals surface area contributed by atoms with E-state index in [1.807, 2.05) is 13.0 Å². The summed E-state index contributed by atoms with van der Waals surface area (Å²) in [5.41, 5.74) is 0.144. The number of rotatable bonds is 3. The first-order valence-corrected chi connectivity index (χ1v) is 5.88. The van der Waals surface area contributed by atoms with Crippen LogP contribution in [0.4, 0.5) is 0 Å². The van der Waals surface area contributed by atoms with Crippen molar-refractivity contribution in [2.24, 2.45) is 17.3 Å². The average Bonchev–Trinajstić information content (AvgIpc) is 2.18. The largest absolute Gasteiger partial charge is 0.295 e. The van der Waals surface area contributed by atoms with Crippen molar-refractivity contribution in [1.29, 1.82) is 0 Å². The predicted molar refractivity (Wildman–Crippen MR) is 64.6 cm³/mol. The zero-order valence-corrected chi connectivity index (χ0v) is 10.3. The molecule has 0 aromatic rings. The third-order valence-corrected chi connectivity index (χ3v) is 3.75. The van der Waals surface area contributed by atoms with Gasteiger partial charge in [0.25, 0.3) is 0 Å². The molecule has 0 N–H and O–H groups in total. The quantitative estimate of drug-likeness (QED) is 0.507. The number of allylic oxidation sites excluding steroid dienone is 4. The lowest BCUT2D eigenvalue weighted by Crippen LogP contribution is -2.38. The maximum Gasteiger partial charge on any atom is 0.159 e. The SMILES string of the molecule is C/C=C/C(=O)C1C(C)C=CCC1(C)CC. The highest BCUT2D eigenvalue weighted by atomic mass is 16.1. The summed E-state index contributed by atoms with van der Waals surface area (Å²) in [6.07, 6.45) is 10.1. The molecule has 1 aliphatic rings. The first-order chi connectivity index (χ1) is 7.05. The van der Waals surface area contributed by atoms with E-state index in [0.717, 1.165) is 12.8 Å². The number of carbonyl (C=O) groups is 1. The Labute approximate surface area is 93.3 Å². The molecule has 84 valence electrons. The van der Waals surface area contributed by atoms with Crippen LogP contribution in [0.5, 0.6) is 0 Å². The van der Waals surface area contributed by atoms with E-state index in [2.05, 4.69) is 32.9 Å². The highest BCUT2D eigenvalue weighted by molar-refractivity contribution is 5.92. The van der Waals surface area contributed by atoms with E-state index in [0.29, 0.717) is 11.7 Å². The van der Waals surface area contributed by atoms with Gasteiger partial charge in [0.1, 0.15) is 0 Å². The van der Waals surface area contributed by atoms with E-state index in [1.54, 1.807) is 6.08 Å². The van der Waals surface area contributed by atoms with Crippen LogP contribution in [0.15, 0.2) is 24.3 Å². The van der Waals surface area contributed by atoms with Crippen LogP contribution in [0.1, 0.15) is 40.5 Å². The van der Waals surface area contributed by atoms with Crippen LogP contribution in [0.3, 0.4) is 0 Å². The van der Waals surface area contributed by atoms with Gasteiger partial charge in [0.05, 0.1) is 0 Å². The Hall–Kier alpha value is -0.850. The highest BCUT2D eigenvalue weighted by Gasteiger charge is 2.40. The Balaban J connectivity index is 2.99. The van der Waals surface area contributed by atoms with E-state index in [-0.39, 0.29) is 11.3 Å². The van der Waals surface area contributed by atoms with Crippen molar-refractivity contribution in [2.75, 3.05) is 0 Å². The standard InChI is InChI=1S/C14H22O/c1-5-8-12(15)13-11(3)9-7-10-14(13,4)6-2/h5,7-9,11,13H,6,10H2,1-4H3/b8-5+. The molecule has 0 saturated heterocycles. The van der Waals surface area contributed by atoms with Crippen LogP contribution in [0.2, 0.25) is 0 Å². The van der Waals surface area contributed by atoms with Gasteiger partial charge >= 0.3 is 0 Å². The predicted octanol–water partition coefficient (Wildman–Crippen LogP) is 3.76. The van der Waals surface area contributed by atoms with Gasteiger partial charge in [-0.2, -0.15) is 0 Å². The van der Waals surface area contributed by atoms with Gasteiger partial charge in [-0.3, -0.25) is 4.79 Å². The molecule has 3 unspecified atom stereocenters. The molecule has 0 saturated carbocycles.